The molecular weight excluding hydrogens is 506 g/mol. The molecule has 174 valence electrons. The Morgan fingerprint density at radius 2 is 2.06 bits per heavy atom. The minimum absolute atomic E-state index is 0.0997. The zero-order valence-corrected chi connectivity index (χ0v) is 20.6. The highest BCUT2D eigenvalue weighted by atomic mass is 35.5. The summed E-state index contributed by atoms with van der Waals surface area (Å²) in [5, 5.41) is 0. The second-order valence-electron chi connectivity index (χ2n) is 7.67. The number of piperidine rings is 1. The standard InChI is InChI=1S/C21H20ClN3O5S3/c1-2-7-25-14-9-15-16(30-12-29-15)10-17(14)31-21(25)23-20(26)13-4-3-8-24(11-13)33(27,28)19-6-5-18(22)32-19/h2,5-6,9-10,13H,1,3-4,7-8,11-12H2. The minimum atomic E-state index is -3.69. The number of ether oxygens (including phenoxy) is 2. The third kappa shape index (κ3) is 4.24. The lowest BCUT2D eigenvalue weighted by Gasteiger charge is -2.29. The molecule has 4 heterocycles. The molecule has 3 aromatic rings. The number of thiophene rings is 1. The Hall–Kier alpha value is -2.18. The summed E-state index contributed by atoms with van der Waals surface area (Å²) in [6, 6.07) is 6.82. The number of sulfonamides is 1. The van der Waals surface area contributed by atoms with E-state index in [4.69, 9.17) is 21.1 Å². The number of benzene rings is 1. The van der Waals surface area contributed by atoms with E-state index in [0.29, 0.717) is 46.6 Å². The molecule has 1 saturated heterocycles. The van der Waals surface area contributed by atoms with E-state index in [2.05, 4.69) is 11.6 Å². The number of amides is 1. The van der Waals surface area contributed by atoms with Gasteiger partial charge in [0.05, 0.1) is 20.5 Å². The Labute approximate surface area is 203 Å². The fourth-order valence-corrected chi connectivity index (χ4v) is 8.18. The van der Waals surface area contributed by atoms with Crippen LogP contribution < -0.4 is 14.3 Å². The van der Waals surface area contributed by atoms with Crippen LogP contribution in [0.15, 0.2) is 46.1 Å². The van der Waals surface area contributed by atoms with Crippen molar-refractivity contribution in [3.05, 3.63) is 46.1 Å². The molecule has 2 aliphatic heterocycles. The summed E-state index contributed by atoms with van der Waals surface area (Å²) in [4.78, 5) is 18.1. The third-order valence-corrected chi connectivity index (χ3v) is 10.2. The molecule has 0 bridgehead atoms. The van der Waals surface area contributed by atoms with Crippen LogP contribution in [-0.2, 0) is 21.4 Å². The summed E-state index contributed by atoms with van der Waals surface area (Å²) >= 11 is 8.31. The van der Waals surface area contributed by atoms with E-state index >= 15 is 0 Å². The number of halogens is 1. The van der Waals surface area contributed by atoms with Crippen molar-refractivity contribution < 1.29 is 22.7 Å². The van der Waals surface area contributed by atoms with Crippen molar-refractivity contribution in [2.75, 3.05) is 19.9 Å². The van der Waals surface area contributed by atoms with Crippen molar-refractivity contribution in [1.29, 1.82) is 0 Å². The van der Waals surface area contributed by atoms with Gasteiger partial charge in [0.2, 0.25) is 6.79 Å². The first kappa shape index (κ1) is 22.6. The van der Waals surface area contributed by atoms with E-state index in [1.807, 2.05) is 16.7 Å². The summed E-state index contributed by atoms with van der Waals surface area (Å²) in [7, 11) is -3.69. The lowest BCUT2D eigenvalue weighted by Crippen LogP contribution is -2.42. The summed E-state index contributed by atoms with van der Waals surface area (Å²) < 4.78 is 41.7. The summed E-state index contributed by atoms with van der Waals surface area (Å²) in [5.74, 6) is 0.471. The fourth-order valence-electron chi connectivity index (χ4n) is 3.96. The first-order valence-electron chi connectivity index (χ1n) is 10.2. The van der Waals surface area contributed by atoms with E-state index in [1.165, 1.54) is 21.7 Å². The van der Waals surface area contributed by atoms with Crippen LogP contribution in [-0.4, -0.2) is 43.1 Å². The molecule has 0 spiro atoms. The molecule has 1 unspecified atom stereocenters. The molecule has 2 aromatic heterocycles. The number of allylic oxidation sites excluding steroid dienone is 1. The maximum absolute atomic E-state index is 13.1. The molecule has 0 saturated carbocycles. The van der Waals surface area contributed by atoms with Crippen molar-refractivity contribution in [3.8, 4) is 11.5 Å². The van der Waals surface area contributed by atoms with Crippen LogP contribution in [0.25, 0.3) is 10.2 Å². The Morgan fingerprint density at radius 1 is 1.27 bits per heavy atom. The van der Waals surface area contributed by atoms with Crippen LogP contribution in [0.4, 0.5) is 0 Å². The van der Waals surface area contributed by atoms with Gasteiger partial charge in [-0.25, -0.2) is 8.42 Å². The SMILES string of the molecule is C=CCn1c(=NC(=O)C2CCCN(S(=O)(=O)c3ccc(Cl)s3)C2)sc2cc3c(cc21)OCO3. The van der Waals surface area contributed by atoms with Gasteiger partial charge in [0.1, 0.15) is 4.21 Å². The fraction of sp³-hybridized carbons (Fsp3) is 0.333. The number of fused-ring (bicyclic) bond motifs is 2. The zero-order chi connectivity index (χ0) is 23.2. The summed E-state index contributed by atoms with van der Waals surface area (Å²) in [5.41, 5.74) is 0.873. The van der Waals surface area contributed by atoms with Gasteiger partial charge in [0, 0.05) is 31.8 Å². The average molecular weight is 526 g/mol. The number of thiazole rings is 1. The van der Waals surface area contributed by atoms with Gasteiger partial charge in [-0.05, 0) is 25.0 Å². The number of hydrogen-bond acceptors (Lipinski definition) is 7. The smallest absolute Gasteiger partial charge is 0.252 e. The molecule has 0 N–H and O–H groups in total. The second kappa shape index (κ2) is 8.88. The molecule has 1 amide bonds. The Morgan fingerprint density at radius 3 is 2.79 bits per heavy atom. The Bertz CT molecular complexity index is 1420. The predicted octanol–water partition coefficient (Wildman–Crippen LogP) is 3.86. The zero-order valence-electron chi connectivity index (χ0n) is 17.4. The quantitative estimate of drug-likeness (QED) is 0.472. The highest BCUT2D eigenvalue weighted by molar-refractivity contribution is 7.91. The molecule has 1 aromatic carbocycles. The normalized spacial score (nSPS) is 19.3. The lowest BCUT2D eigenvalue weighted by molar-refractivity contribution is -0.122. The molecular formula is C21H20ClN3O5S3. The van der Waals surface area contributed by atoms with E-state index in [0.717, 1.165) is 21.6 Å². The number of aromatic nitrogens is 1. The second-order valence-corrected chi connectivity index (χ2v) is 12.6. The first-order valence-corrected chi connectivity index (χ1v) is 13.7. The third-order valence-electron chi connectivity index (χ3n) is 5.57. The van der Waals surface area contributed by atoms with Crippen molar-refractivity contribution in [2.24, 2.45) is 10.9 Å². The van der Waals surface area contributed by atoms with Crippen molar-refractivity contribution in [3.63, 3.8) is 0 Å². The van der Waals surface area contributed by atoms with Crippen molar-refractivity contribution in [1.82, 2.24) is 8.87 Å². The first-order chi connectivity index (χ1) is 15.9. The molecule has 0 aliphatic carbocycles. The highest BCUT2D eigenvalue weighted by Gasteiger charge is 2.34. The lowest BCUT2D eigenvalue weighted by atomic mass is 9.99. The number of rotatable bonds is 5. The van der Waals surface area contributed by atoms with Crippen molar-refractivity contribution in [2.45, 2.75) is 23.6 Å². The van der Waals surface area contributed by atoms with Crippen LogP contribution in [0.1, 0.15) is 12.8 Å². The van der Waals surface area contributed by atoms with Crippen LogP contribution in [0.5, 0.6) is 11.5 Å². The Kier molecular flexibility index (Phi) is 6.08. The minimum Gasteiger partial charge on any atom is -0.454 e. The van der Waals surface area contributed by atoms with Crippen LogP contribution in [0.3, 0.4) is 0 Å². The molecule has 5 rings (SSSR count). The maximum atomic E-state index is 13.1. The number of hydrogen-bond donors (Lipinski definition) is 0. The topological polar surface area (TPSA) is 90.2 Å². The van der Waals surface area contributed by atoms with E-state index in [-0.39, 0.29) is 23.5 Å². The Balaban J connectivity index is 1.45. The van der Waals surface area contributed by atoms with Crippen LogP contribution in [0.2, 0.25) is 4.34 Å². The number of carbonyl (C=O) groups is 1. The largest absolute Gasteiger partial charge is 0.454 e. The van der Waals surface area contributed by atoms with Crippen molar-refractivity contribution >= 4 is 60.4 Å². The van der Waals surface area contributed by atoms with E-state index in [1.54, 1.807) is 12.1 Å². The van der Waals surface area contributed by atoms with Gasteiger partial charge in [0.25, 0.3) is 15.9 Å². The average Bonchev–Trinajstić information content (AvgIpc) is 3.52. The van der Waals surface area contributed by atoms with Gasteiger partial charge in [0.15, 0.2) is 16.3 Å². The maximum Gasteiger partial charge on any atom is 0.252 e. The van der Waals surface area contributed by atoms with Gasteiger partial charge in [-0.15, -0.1) is 17.9 Å². The molecule has 2 aliphatic rings. The van der Waals surface area contributed by atoms with Crippen LogP contribution in [0, 0.1) is 5.92 Å². The van der Waals surface area contributed by atoms with Gasteiger partial charge >= 0.3 is 0 Å². The highest BCUT2D eigenvalue weighted by Crippen LogP contribution is 2.37. The predicted molar refractivity (Wildman–Crippen MR) is 128 cm³/mol. The monoisotopic (exact) mass is 525 g/mol. The molecule has 1 fully saturated rings. The molecule has 33 heavy (non-hydrogen) atoms. The molecule has 1 atom stereocenters. The van der Waals surface area contributed by atoms with Gasteiger partial charge in [-0.2, -0.15) is 9.30 Å². The molecule has 8 nitrogen and oxygen atoms in total. The number of nitrogens with zero attached hydrogens (tertiary/aromatic N) is 3. The van der Waals surface area contributed by atoms with Gasteiger partial charge < -0.3 is 14.0 Å². The summed E-state index contributed by atoms with van der Waals surface area (Å²) in [6.07, 6.45) is 2.91. The molecule has 0 radical (unpaired) electrons. The van der Waals surface area contributed by atoms with Gasteiger partial charge in [-0.1, -0.05) is 29.0 Å². The van der Waals surface area contributed by atoms with E-state index < -0.39 is 15.9 Å². The molecule has 12 heteroatoms. The number of carbonyl (C=O) groups excluding carboxylic acids is 1. The van der Waals surface area contributed by atoms with Gasteiger partial charge in [-0.3, -0.25) is 4.79 Å². The van der Waals surface area contributed by atoms with Crippen LogP contribution >= 0.6 is 34.3 Å². The van der Waals surface area contributed by atoms with E-state index in [9.17, 15) is 13.2 Å². The summed E-state index contributed by atoms with van der Waals surface area (Å²) in [6.45, 7) is 4.93.